The first-order valence-electron chi connectivity index (χ1n) is 10.6. The average molecular weight is 436 g/mol. The molecule has 6 heteroatoms. The lowest BCUT2D eigenvalue weighted by Crippen LogP contribution is -2.07. The van der Waals surface area contributed by atoms with E-state index in [1.54, 1.807) is 6.08 Å². The number of anilines is 5. The molecule has 33 heavy (non-hydrogen) atoms. The van der Waals surface area contributed by atoms with E-state index in [1.165, 1.54) is 11.6 Å². The summed E-state index contributed by atoms with van der Waals surface area (Å²) in [5.41, 5.74) is 5.51. The SMILES string of the molecule is Cc1ccc(Nc2nc(C)cc(Nc3ccc(NC(=O)/C=C/c4ccccc4)cc3)n2)cc1. The predicted molar refractivity (Wildman–Crippen MR) is 135 cm³/mol. The fourth-order valence-corrected chi connectivity index (χ4v) is 3.16. The van der Waals surface area contributed by atoms with E-state index in [0.29, 0.717) is 17.5 Å². The van der Waals surface area contributed by atoms with E-state index in [1.807, 2.05) is 98.8 Å². The highest BCUT2D eigenvalue weighted by Crippen LogP contribution is 2.21. The maximum absolute atomic E-state index is 12.2. The second-order valence-electron chi connectivity index (χ2n) is 7.64. The van der Waals surface area contributed by atoms with Gasteiger partial charge in [0.2, 0.25) is 11.9 Å². The molecule has 1 heterocycles. The molecule has 4 rings (SSSR count). The minimum Gasteiger partial charge on any atom is -0.340 e. The summed E-state index contributed by atoms with van der Waals surface area (Å²) in [4.78, 5) is 21.2. The second-order valence-corrected chi connectivity index (χ2v) is 7.64. The van der Waals surface area contributed by atoms with E-state index in [-0.39, 0.29) is 5.91 Å². The maximum atomic E-state index is 12.2. The van der Waals surface area contributed by atoms with Gasteiger partial charge in [0.1, 0.15) is 5.82 Å². The van der Waals surface area contributed by atoms with Gasteiger partial charge in [0.25, 0.3) is 0 Å². The third kappa shape index (κ3) is 6.51. The van der Waals surface area contributed by atoms with Crippen molar-refractivity contribution in [3.8, 4) is 0 Å². The quantitative estimate of drug-likeness (QED) is 0.300. The van der Waals surface area contributed by atoms with Crippen LogP contribution in [0.1, 0.15) is 16.8 Å². The molecule has 3 aromatic carbocycles. The van der Waals surface area contributed by atoms with Crippen molar-refractivity contribution in [1.82, 2.24) is 9.97 Å². The van der Waals surface area contributed by atoms with Crippen LogP contribution in [0.3, 0.4) is 0 Å². The molecular formula is C27H25N5O. The molecule has 0 unspecified atom stereocenters. The molecule has 164 valence electrons. The van der Waals surface area contributed by atoms with Gasteiger partial charge >= 0.3 is 0 Å². The summed E-state index contributed by atoms with van der Waals surface area (Å²) in [6.07, 6.45) is 3.30. The number of rotatable bonds is 7. The number of carbonyl (C=O) groups is 1. The Balaban J connectivity index is 1.38. The van der Waals surface area contributed by atoms with Crippen LogP contribution in [0, 0.1) is 13.8 Å². The van der Waals surface area contributed by atoms with Crippen molar-refractivity contribution in [1.29, 1.82) is 0 Å². The van der Waals surface area contributed by atoms with Crippen LogP contribution in [0.4, 0.5) is 28.8 Å². The number of benzene rings is 3. The van der Waals surface area contributed by atoms with Crippen LogP contribution in [0.5, 0.6) is 0 Å². The minimum absolute atomic E-state index is 0.183. The molecule has 0 aliphatic heterocycles. The molecule has 4 aromatic rings. The number of carbonyl (C=O) groups excluding carboxylic acids is 1. The Morgan fingerprint density at radius 3 is 2.12 bits per heavy atom. The molecule has 0 bridgehead atoms. The second kappa shape index (κ2) is 10.2. The topological polar surface area (TPSA) is 78.9 Å². The fourth-order valence-electron chi connectivity index (χ4n) is 3.16. The van der Waals surface area contributed by atoms with Gasteiger partial charge in [0.05, 0.1) is 0 Å². The normalized spacial score (nSPS) is 10.7. The van der Waals surface area contributed by atoms with Gasteiger partial charge < -0.3 is 16.0 Å². The monoisotopic (exact) mass is 435 g/mol. The van der Waals surface area contributed by atoms with E-state index < -0.39 is 0 Å². The van der Waals surface area contributed by atoms with Crippen molar-refractivity contribution in [2.45, 2.75) is 13.8 Å². The highest BCUT2D eigenvalue weighted by molar-refractivity contribution is 6.02. The molecule has 0 atom stereocenters. The summed E-state index contributed by atoms with van der Waals surface area (Å²) in [6.45, 7) is 3.97. The molecule has 0 saturated heterocycles. The van der Waals surface area contributed by atoms with Gasteiger partial charge in [-0.2, -0.15) is 4.98 Å². The number of aromatic nitrogens is 2. The lowest BCUT2D eigenvalue weighted by Gasteiger charge is -2.11. The zero-order valence-corrected chi connectivity index (χ0v) is 18.5. The lowest BCUT2D eigenvalue weighted by atomic mass is 10.2. The number of aryl methyl sites for hydroxylation is 2. The predicted octanol–water partition coefficient (Wildman–Crippen LogP) is 6.23. The Bertz CT molecular complexity index is 1250. The van der Waals surface area contributed by atoms with Crippen LogP contribution >= 0.6 is 0 Å². The fraction of sp³-hybridized carbons (Fsp3) is 0.0741. The first-order chi connectivity index (χ1) is 16.0. The minimum atomic E-state index is -0.183. The molecule has 0 aliphatic carbocycles. The number of hydrogen-bond acceptors (Lipinski definition) is 5. The van der Waals surface area contributed by atoms with Gasteiger partial charge in [-0.15, -0.1) is 0 Å². The van der Waals surface area contributed by atoms with Crippen LogP contribution in [0.2, 0.25) is 0 Å². The van der Waals surface area contributed by atoms with Crippen molar-refractivity contribution in [3.05, 3.63) is 108 Å². The van der Waals surface area contributed by atoms with E-state index in [4.69, 9.17) is 0 Å². The Labute approximate surface area is 193 Å². The Morgan fingerprint density at radius 1 is 0.758 bits per heavy atom. The third-order valence-electron chi connectivity index (χ3n) is 4.81. The van der Waals surface area contributed by atoms with Crippen molar-refractivity contribution < 1.29 is 4.79 Å². The summed E-state index contributed by atoms with van der Waals surface area (Å²) in [6, 6.07) is 27.1. The molecule has 0 fully saturated rings. The lowest BCUT2D eigenvalue weighted by molar-refractivity contribution is -0.111. The summed E-state index contributed by atoms with van der Waals surface area (Å²) < 4.78 is 0. The number of hydrogen-bond donors (Lipinski definition) is 3. The zero-order valence-electron chi connectivity index (χ0n) is 18.5. The summed E-state index contributed by atoms with van der Waals surface area (Å²) in [5, 5.41) is 9.39. The molecule has 1 amide bonds. The van der Waals surface area contributed by atoms with E-state index in [0.717, 1.165) is 22.6 Å². The van der Waals surface area contributed by atoms with Crippen molar-refractivity contribution >= 4 is 40.8 Å². The molecule has 0 aliphatic rings. The van der Waals surface area contributed by atoms with Gasteiger partial charge in [-0.25, -0.2) is 4.98 Å². The van der Waals surface area contributed by atoms with Gasteiger partial charge in [0.15, 0.2) is 0 Å². The maximum Gasteiger partial charge on any atom is 0.248 e. The van der Waals surface area contributed by atoms with Crippen LogP contribution in [-0.4, -0.2) is 15.9 Å². The van der Waals surface area contributed by atoms with E-state index >= 15 is 0 Å². The van der Waals surface area contributed by atoms with Crippen LogP contribution in [0.25, 0.3) is 6.08 Å². The zero-order chi connectivity index (χ0) is 23.0. The molecule has 1 aromatic heterocycles. The third-order valence-corrected chi connectivity index (χ3v) is 4.81. The van der Waals surface area contributed by atoms with Gasteiger partial charge in [-0.3, -0.25) is 4.79 Å². The Morgan fingerprint density at radius 2 is 1.39 bits per heavy atom. The van der Waals surface area contributed by atoms with Gasteiger partial charge in [-0.05, 0) is 61.9 Å². The largest absolute Gasteiger partial charge is 0.340 e. The van der Waals surface area contributed by atoms with Gasteiger partial charge in [-0.1, -0.05) is 48.0 Å². The first-order valence-corrected chi connectivity index (χ1v) is 10.6. The molecule has 0 saturated carbocycles. The number of nitrogens with one attached hydrogen (secondary N) is 3. The smallest absolute Gasteiger partial charge is 0.248 e. The molecule has 3 N–H and O–H groups in total. The molecule has 0 radical (unpaired) electrons. The highest BCUT2D eigenvalue weighted by atomic mass is 16.1. The summed E-state index contributed by atoms with van der Waals surface area (Å²) in [5.74, 6) is 1.02. The number of amides is 1. The molecular weight excluding hydrogens is 410 g/mol. The average Bonchev–Trinajstić information content (AvgIpc) is 2.81. The van der Waals surface area contributed by atoms with Crippen LogP contribution < -0.4 is 16.0 Å². The van der Waals surface area contributed by atoms with Crippen LogP contribution in [-0.2, 0) is 4.79 Å². The van der Waals surface area contributed by atoms with Crippen molar-refractivity contribution in [2.24, 2.45) is 0 Å². The molecule has 0 spiro atoms. The highest BCUT2D eigenvalue weighted by Gasteiger charge is 2.05. The van der Waals surface area contributed by atoms with Crippen LogP contribution in [0.15, 0.2) is 91.0 Å². The first kappa shape index (κ1) is 21.8. The number of nitrogens with zero attached hydrogens (tertiary/aromatic N) is 2. The van der Waals surface area contributed by atoms with E-state index in [9.17, 15) is 4.79 Å². The van der Waals surface area contributed by atoms with Crippen molar-refractivity contribution in [3.63, 3.8) is 0 Å². The van der Waals surface area contributed by atoms with Gasteiger partial charge in [0, 0.05) is 34.9 Å². The summed E-state index contributed by atoms with van der Waals surface area (Å²) in [7, 11) is 0. The summed E-state index contributed by atoms with van der Waals surface area (Å²) >= 11 is 0. The molecule has 6 nitrogen and oxygen atoms in total. The standard InChI is InChI=1S/C27H25N5O/c1-19-8-11-24(12-9-19)31-27-28-20(2)18-25(32-27)29-22-13-15-23(16-14-22)30-26(33)17-10-21-6-4-3-5-7-21/h3-18H,1-2H3,(H,30,33)(H2,28,29,31,32)/b17-10+. The Hall–Kier alpha value is -4.45. The van der Waals surface area contributed by atoms with Crippen molar-refractivity contribution in [2.75, 3.05) is 16.0 Å². The van der Waals surface area contributed by atoms with E-state index in [2.05, 4.69) is 25.9 Å². The Kier molecular flexibility index (Phi) is 6.75.